The second-order valence-electron chi connectivity index (χ2n) is 6.42. The van der Waals surface area contributed by atoms with Gasteiger partial charge in [-0.2, -0.15) is 4.72 Å². The van der Waals surface area contributed by atoms with E-state index in [1.807, 2.05) is 61.5 Å². The zero-order chi connectivity index (χ0) is 20.9. The van der Waals surface area contributed by atoms with E-state index in [2.05, 4.69) is 26.0 Å². The van der Waals surface area contributed by atoms with Crippen LogP contribution < -0.4 is 10.0 Å². The van der Waals surface area contributed by atoms with E-state index >= 15 is 0 Å². The van der Waals surface area contributed by atoms with Crippen LogP contribution in [0.5, 0.6) is 0 Å². The Hall–Kier alpha value is -2.00. The first-order chi connectivity index (χ1) is 13.9. The molecule has 0 radical (unpaired) electrons. The monoisotopic (exact) mass is 492 g/mol. The fourth-order valence-corrected chi connectivity index (χ4v) is 6.12. The molecule has 0 bridgehead atoms. The van der Waals surface area contributed by atoms with Gasteiger partial charge in [0.1, 0.15) is 10.3 Å². The molecule has 0 saturated carbocycles. The molecule has 3 rings (SSSR count). The van der Waals surface area contributed by atoms with Gasteiger partial charge in [-0.15, -0.1) is 11.3 Å². The minimum Gasteiger partial charge on any atom is -0.324 e. The number of nitrogens with one attached hydrogen (secondary N) is 2. The van der Waals surface area contributed by atoms with Crippen LogP contribution in [-0.2, 0) is 27.7 Å². The van der Waals surface area contributed by atoms with Crippen molar-refractivity contribution < 1.29 is 13.2 Å². The molecule has 5 nitrogen and oxygen atoms in total. The molecule has 2 aromatic carbocycles. The molecule has 0 fully saturated rings. The van der Waals surface area contributed by atoms with Crippen molar-refractivity contribution in [3.8, 4) is 0 Å². The molecular formula is C21H21BrN2O3S2. The molecule has 1 heterocycles. The molecule has 1 atom stereocenters. The smallest absolute Gasteiger partial charge is 0.250 e. The highest BCUT2D eigenvalue weighted by atomic mass is 79.9. The van der Waals surface area contributed by atoms with Crippen LogP contribution in [0.15, 0.2) is 74.7 Å². The maximum Gasteiger partial charge on any atom is 0.250 e. The maximum atomic E-state index is 13.1. The molecule has 8 heteroatoms. The normalized spacial score (nSPS) is 12.5. The number of hydrogen-bond donors (Lipinski definition) is 2. The highest BCUT2D eigenvalue weighted by Crippen LogP contribution is 2.26. The van der Waals surface area contributed by atoms with E-state index in [4.69, 9.17) is 0 Å². The van der Waals surface area contributed by atoms with Crippen LogP contribution in [0, 0.1) is 0 Å². The van der Waals surface area contributed by atoms with Gasteiger partial charge in [-0.25, -0.2) is 8.42 Å². The largest absolute Gasteiger partial charge is 0.324 e. The molecule has 1 aromatic heterocycles. The number of hydrogen-bond acceptors (Lipinski definition) is 4. The molecule has 0 spiro atoms. The molecule has 0 unspecified atom stereocenters. The van der Waals surface area contributed by atoms with Gasteiger partial charge in [0.2, 0.25) is 5.91 Å². The molecule has 1 amide bonds. The number of anilines is 1. The van der Waals surface area contributed by atoms with Crippen LogP contribution in [-0.4, -0.2) is 20.4 Å². The Labute approximate surface area is 183 Å². The third-order valence-corrected chi connectivity index (χ3v) is 7.95. The number of thiophene rings is 1. The predicted molar refractivity (Wildman–Crippen MR) is 121 cm³/mol. The zero-order valence-electron chi connectivity index (χ0n) is 15.8. The van der Waals surface area contributed by atoms with Gasteiger partial charge < -0.3 is 5.32 Å². The molecule has 0 aliphatic carbocycles. The summed E-state index contributed by atoms with van der Waals surface area (Å²) in [5.41, 5.74) is 2.55. The quantitative estimate of drug-likeness (QED) is 0.482. The summed E-state index contributed by atoms with van der Waals surface area (Å²) >= 11 is 4.38. The van der Waals surface area contributed by atoms with Gasteiger partial charge in [-0.3, -0.25) is 4.79 Å². The summed E-state index contributed by atoms with van der Waals surface area (Å²) in [6.07, 6.45) is 1.00. The first-order valence-electron chi connectivity index (χ1n) is 9.09. The van der Waals surface area contributed by atoms with Gasteiger partial charge in [0.05, 0.1) is 3.79 Å². The van der Waals surface area contributed by atoms with Crippen LogP contribution in [0.1, 0.15) is 18.1 Å². The molecule has 0 aliphatic rings. The SMILES string of the molecule is CCc1ccccc1NC(=O)[C@H](Cc1ccccc1)NS(=O)(=O)c1ccc(Br)s1. The number of carbonyl (C=O) groups excluding carboxylic acids is 1. The van der Waals surface area contributed by atoms with E-state index in [1.165, 1.54) is 6.07 Å². The van der Waals surface area contributed by atoms with Crippen molar-refractivity contribution in [1.82, 2.24) is 4.72 Å². The van der Waals surface area contributed by atoms with Gasteiger partial charge >= 0.3 is 0 Å². The van der Waals surface area contributed by atoms with Crippen LogP contribution in [0.25, 0.3) is 0 Å². The highest BCUT2D eigenvalue weighted by molar-refractivity contribution is 9.11. The van der Waals surface area contributed by atoms with Crippen LogP contribution in [0.2, 0.25) is 0 Å². The first-order valence-corrected chi connectivity index (χ1v) is 12.2. The van der Waals surface area contributed by atoms with Crippen molar-refractivity contribution in [2.45, 2.75) is 30.0 Å². The minimum atomic E-state index is -3.83. The molecule has 29 heavy (non-hydrogen) atoms. The first kappa shape index (κ1) is 21.7. The minimum absolute atomic E-state index is 0.157. The Morgan fingerprint density at radius 1 is 1.03 bits per heavy atom. The molecule has 3 aromatic rings. The van der Waals surface area contributed by atoms with E-state index in [-0.39, 0.29) is 10.6 Å². The molecule has 2 N–H and O–H groups in total. The van der Waals surface area contributed by atoms with E-state index in [0.29, 0.717) is 9.47 Å². The van der Waals surface area contributed by atoms with Crippen molar-refractivity contribution in [2.75, 3.05) is 5.32 Å². The van der Waals surface area contributed by atoms with Gasteiger partial charge in [0.25, 0.3) is 10.0 Å². The number of rotatable bonds is 8. The topological polar surface area (TPSA) is 75.3 Å². The van der Waals surface area contributed by atoms with Gasteiger partial charge in [0.15, 0.2) is 0 Å². The van der Waals surface area contributed by atoms with E-state index < -0.39 is 22.0 Å². The van der Waals surface area contributed by atoms with E-state index in [9.17, 15) is 13.2 Å². The lowest BCUT2D eigenvalue weighted by molar-refractivity contribution is -0.117. The summed E-state index contributed by atoms with van der Waals surface area (Å²) in [7, 11) is -3.83. The second kappa shape index (κ2) is 9.67. The Kier molecular flexibility index (Phi) is 7.23. The molecular weight excluding hydrogens is 472 g/mol. The van der Waals surface area contributed by atoms with Crippen molar-refractivity contribution in [3.05, 3.63) is 81.6 Å². The fourth-order valence-electron chi connectivity index (χ4n) is 2.90. The van der Waals surface area contributed by atoms with Crippen molar-refractivity contribution >= 4 is 48.9 Å². The Balaban J connectivity index is 1.87. The molecule has 0 saturated heterocycles. The third kappa shape index (κ3) is 5.76. The van der Waals surface area contributed by atoms with Gasteiger partial charge in [-0.05, 0) is 58.1 Å². The number of carbonyl (C=O) groups is 1. The summed E-state index contributed by atoms with van der Waals surface area (Å²) in [6, 6.07) is 19.1. The summed E-state index contributed by atoms with van der Waals surface area (Å²) in [6.45, 7) is 2.00. The lowest BCUT2D eigenvalue weighted by atomic mass is 10.1. The average Bonchev–Trinajstić information content (AvgIpc) is 3.16. The van der Waals surface area contributed by atoms with Crippen LogP contribution >= 0.6 is 27.3 Å². The number of aryl methyl sites for hydroxylation is 1. The van der Waals surface area contributed by atoms with Gasteiger partial charge in [-0.1, -0.05) is 55.5 Å². The molecule has 0 aliphatic heterocycles. The van der Waals surface area contributed by atoms with E-state index in [0.717, 1.165) is 28.9 Å². The summed E-state index contributed by atoms with van der Waals surface area (Å²) in [5, 5.41) is 2.89. The Morgan fingerprint density at radius 2 is 1.72 bits per heavy atom. The summed E-state index contributed by atoms with van der Waals surface area (Å²) < 4.78 is 29.1. The number of amides is 1. The van der Waals surface area contributed by atoms with Crippen molar-refractivity contribution in [1.29, 1.82) is 0 Å². The molecule has 152 valence electrons. The Bertz CT molecular complexity index is 1080. The van der Waals surface area contributed by atoms with Crippen molar-refractivity contribution in [2.24, 2.45) is 0 Å². The average molecular weight is 493 g/mol. The zero-order valence-corrected chi connectivity index (χ0v) is 19.0. The lowest BCUT2D eigenvalue weighted by Gasteiger charge is -2.19. The van der Waals surface area contributed by atoms with Crippen LogP contribution in [0.4, 0.5) is 5.69 Å². The summed E-state index contributed by atoms with van der Waals surface area (Å²) in [5.74, 6) is -0.394. The summed E-state index contributed by atoms with van der Waals surface area (Å²) in [4.78, 5) is 13.1. The number of halogens is 1. The number of sulfonamides is 1. The maximum absolute atomic E-state index is 13.1. The predicted octanol–water partition coefficient (Wildman–Crippen LogP) is 4.60. The lowest BCUT2D eigenvalue weighted by Crippen LogP contribution is -2.45. The third-order valence-electron chi connectivity index (χ3n) is 4.37. The highest BCUT2D eigenvalue weighted by Gasteiger charge is 2.27. The second-order valence-corrected chi connectivity index (χ2v) is 10.8. The fraction of sp³-hybridized carbons (Fsp3) is 0.190. The van der Waals surface area contributed by atoms with Gasteiger partial charge in [0, 0.05) is 5.69 Å². The van der Waals surface area contributed by atoms with Crippen LogP contribution in [0.3, 0.4) is 0 Å². The number of para-hydroxylation sites is 1. The Morgan fingerprint density at radius 3 is 2.38 bits per heavy atom. The number of benzene rings is 2. The standard InChI is InChI=1S/C21H21BrN2O3S2/c1-2-16-10-6-7-11-17(16)23-21(25)18(14-15-8-4-3-5-9-15)24-29(26,27)20-13-12-19(22)28-20/h3-13,18,24H,2,14H2,1H3,(H,23,25)/t18-/m0/s1. The van der Waals surface area contributed by atoms with Crippen molar-refractivity contribution in [3.63, 3.8) is 0 Å². The van der Waals surface area contributed by atoms with E-state index in [1.54, 1.807) is 6.07 Å².